The molecule has 0 heterocycles. The number of anilines is 1. The molecule has 94 valence electrons. The Morgan fingerprint density at radius 2 is 2.00 bits per heavy atom. The zero-order chi connectivity index (χ0) is 13.0. The number of nitro benzene ring substituents is 1. The normalized spacial score (nSPS) is 10.6. The zero-order valence-electron chi connectivity index (χ0n) is 10.3. The van der Waals surface area contributed by atoms with Crippen molar-refractivity contribution in [2.45, 2.75) is 32.7 Å². The molecule has 0 radical (unpaired) electrons. The van der Waals surface area contributed by atoms with Gasteiger partial charge in [-0.2, -0.15) is 0 Å². The molecule has 1 aromatic carbocycles. The predicted molar refractivity (Wildman–Crippen MR) is 70.9 cm³/mol. The van der Waals surface area contributed by atoms with Crippen LogP contribution < -0.4 is 4.90 Å². The van der Waals surface area contributed by atoms with E-state index >= 15 is 0 Å². The Labute approximate surface area is 106 Å². The first-order chi connectivity index (χ1) is 8.02. The van der Waals surface area contributed by atoms with E-state index in [-0.39, 0.29) is 16.8 Å². The van der Waals surface area contributed by atoms with Crippen molar-refractivity contribution in [2.75, 3.05) is 11.9 Å². The highest BCUT2D eigenvalue weighted by Crippen LogP contribution is 2.35. The SMILES string of the molecule is CCC(CC)N(C)c1cccc(Cl)c1[N+](=O)[O-]. The van der Waals surface area contributed by atoms with Crippen LogP contribution in [0.3, 0.4) is 0 Å². The van der Waals surface area contributed by atoms with Gasteiger partial charge in [-0.25, -0.2) is 0 Å². The number of hydrogen-bond donors (Lipinski definition) is 0. The fraction of sp³-hybridized carbons (Fsp3) is 0.500. The van der Waals surface area contributed by atoms with Gasteiger partial charge in [0.1, 0.15) is 10.7 Å². The molecule has 0 atom stereocenters. The Morgan fingerprint density at radius 3 is 2.47 bits per heavy atom. The summed E-state index contributed by atoms with van der Waals surface area (Å²) < 4.78 is 0. The van der Waals surface area contributed by atoms with Gasteiger partial charge in [0.05, 0.1) is 4.92 Å². The van der Waals surface area contributed by atoms with Crippen molar-refractivity contribution >= 4 is 23.0 Å². The van der Waals surface area contributed by atoms with Gasteiger partial charge < -0.3 is 4.90 Å². The molecule has 17 heavy (non-hydrogen) atoms. The summed E-state index contributed by atoms with van der Waals surface area (Å²) in [5.74, 6) is 0. The van der Waals surface area contributed by atoms with Crippen LogP contribution in [0.1, 0.15) is 26.7 Å². The third-order valence-electron chi connectivity index (χ3n) is 3.02. The van der Waals surface area contributed by atoms with E-state index in [4.69, 9.17) is 11.6 Å². The minimum Gasteiger partial charge on any atom is -0.366 e. The van der Waals surface area contributed by atoms with Gasteiger partial charge in [0.15, 0.2) is 0 Å². The van der Waals surface area contributed by atoms with Crippen LogP contribution in [-0.4, -0.2) is 18.0 Å². The lowest BCUT2D eigenvalue weighted by Crippen LogP contribution is -2.30. The van der Waals surface area contributed by atoms with Crippen LogP contribution in [0.2, 0.25) is 5.02 Å². The van der Waals surface area contributed by atoms with Gasteiger partial charge in [-0.15, -0.1) is 0 Å². The van der Waals surface area contributed by atoms with Crippen LogP contribution in [0.4, 0.5) is 11.4 Å². The maximum Gasteiger partial charge on any atom is 0.310 e. The molecule has 4 nitrogen and oxygen atoms in total. The van der Waals surface area contributed by atoms with Gasteiger partial charge in [0.25, 0.3) is 0 Å². The Hall–Kier alpha value is -1.29. The van der Waals surface area contributed by atoms with E-state index in [0.717, 1.165) is 12.8 Å². The Bertz CT molecular complexity index is 405. The van der Waals surface area contributed by atoms with Crippen molar-refractivity contribution in [3.05, 3.63) is 33.3 Å². The molecular weight excluding hydrogens is 240 g/mol. The van der Waals surface area contributed by atoms with Crippen LogP contribution in [0.5, 0.6) is 0 Å². The van der Waals surface area contributed by atoms with E-state index in [2.05, 4.69) is 13.8 Å². The zero-order valence-corrected chi connectivity index (χ0v) is 11.1. The molecular formula is C12H17ClN2O2. The first-order valence-electron chi connectivity index (χ1n) is 5.68. The minimum absolute atomic E-state index is 0.0106. The maximum atomic E-state index is 11.0. The van der Waals surface area contributed by atoms with E-state index in [1.807, 2.05) is 11.9 Å². The lowest BCUT2D eigenvalue weighted by atomic mass is 10.1. The Kier molecular flexibility index (Phi) is 4.75. The third-order valence-corrected chi connectivity index (χ3v) is 3.32. The fourth-order valence-corrected chi connectivity index (χ4v) is 2.24. The molecule has 1 aromatic rings. The molecule has 0 fully saturated rings. The monoisotopic (exact) mass is 256 g/mol. The fourth-order valence-electron chi connectivity index (χ4n) is 2.00. The summed E-state index contributed by atoms with van der Waals surface area (Å²) in [6.07, 6.45) is 1.88. The molecule has 0 unspecified atom stereocenters. The van der Waals surface area contributed by atoms with Crippen molar-refractivity contribution in [1.82, 2.24) is 0 Å². The van der Waals surface area contributed by atoms with Gasteiger partial charge in [0, 0.05) is 13.1 Å². The van der Waals surface area contributed by atoms with E-state index in [0.29, 0.717) is 5.69 Å². The molecule has 0 aliphatic heterocycles. The van der Waals surface area contributed by atoms with Gasteiger partial charge in [-0.1, -0.05) is 31.5 Å². The topological polar surface area (TPSA) is 46.4 Å². The van der Waals surface area contributed by atoms with Crippen LogP contribution >= 0.6 is 11.6 Å². The largest absolute Gasteiger partial charge is 0.366 e. The van der Waals surface area contributed by atoms with E-state index in [9.17, 15) is 10.1 Å². The number of nitrogens with zero attached hydrogens (tertiary/aromatic N) is 2. The van der Waals surface area contributed by atoms with Gasteiger partial charge in [0.2, 0.25) is 0 Å². The van der Waals surface area contributed by atoms with Crippen LogP contribution in [0, 0.1) is 10.1 Å². The molecule has 0 N–H and O–H groups in total. The second-order valence-electron chi connectivity index (χ2n) is 3.95. The summed E-state index contributed by atoms with van der Waals surface area (Å²) in [6, 6.07) is 5.31. The van der Waals surface area contributed by atoms with Crippen molar-refractivity contribution < 1.29 is 4.92 Å². The Balaban J connectivity index is 3.21. The van der Waals surface area contributed by atoms with Crippen molar-refractivity contribution in [3.63, 3.8) is 0 Å². The van der Waals surface area contributed by atoms with E-state index in [1.165, 1.54) is 0 Å². The Morgan fingerprint density at radius 1 is 1.41 bits per heavy atom. The highest BCUT2D eigenvalue weighted by molar-refractivity contribution is 6.33. The number of hydrogen-bond acceptors (Lipinski definition) is 3. The molecule has 0 aromatic heterocycles. The summed E-state index contributed by atoms with van der Waals surface area (Å²) >= 11 is 5.89. The third kappa shape index (κ3) is 2.88. The highest BCUT2D eigenvalue weighted by atomic mass is 35.5. The molecule has 0 saturated carbocycles. The minimum atomic E-state index is -0.420. The average molecular weight is 257 g/mol. The molecule has 0 aliphatic rings. The molecule has 5 heteroatoms. The second-order valence-corrected chi connectivity index (χ2v) is 4.35. The van der Waals surface area contributed by atoms with E-state index in [1.54, 1.807) is 18.2 Å². The number of rotatable bonds is 5. The summed E-state index contributed by atoms with van der Waals surface area (Å²) in [5, 5.41) is 11.2. The first kappa shape index (κ1) is 13.8. The van der Waals surface area contributed by atoms with Gasteiger partial charge in [-0.05, 0) is 25.0 Å². The van der Waals surface area contributed by atoms with Gasteiger partial charge >= 0.3 is 5.69 Å². The molecule has 0 aliphatic carbocycles. The van der Waals surface area contributed by atoms with Crippen molar-refractivity contribution in [3.8, 4) is 0 Å². The summed E-state index contributed by atoms with van der Waals surface area (Å²) in [7, 11) is 1.87. The molecule has 0 amide bonds. The summed E-state index contributed by atoms with van der Waals surface area (Å²) in [5.41, 5.74) is 0.569. The average Bonchev–Trinajstić information content (AvgIpc) is 2.29. The highest BCUT2D eigenvalue weighted by Gasteiger charge is 2.23. The van der Waals surface area contributed by atoms with Crippen molar-refractivity contribution in [1.29, 1.82) is 0 Å². The van der Waals surface area contributed by atoms with Crippen LogP contribution in [0.15, 0.2) is 18.2 Å². The van der Waals surface area contributed by atoms with Crippen LogP contribution in [-0.2, 0) is 0 Å². The standard InChI is InChI=1S/C12H17ClN2O2/c1-4-9(5-2)14(3)11-8-6-7-10(13)12(11)15(16)17/h6-9H,4-5H2,1-3H3. The smallest absolute Gasteiger partial charge is 0.310 e. The summed E-state index contributed by atoms with van der Waals surface area (Å²) in [6.45, 7) is 4.14. The predicted octanol–water partition coefficient (Wildman–Crippen LogP) is 3.87. The van der Waals surface area contributed by atoms with Crippen molar-refractivity contribution in [2.24, 2.45) is 0 Å². The van der Waals surface area contributed by atoms with E-state index < -0.39 is 4.92 Å². The molecule has 0 saturated heterocycles. The van der Waals surface area contributed by atoms with Crippen LogP contribution in [0.25, 0.3) is 0 Å². The lowest BCUT2D eigenvalue weighted by Gasteiger charge is -2.28. The van der Waals surface area contributed by atoms with Gasteiger partial charge in [-0.3, -0.25) is 10.1 Å². The quantitative estimate of drug-likeness (QED) is 0.593. The number of para-hydroxylation sites is 1. The first-order valence-corrected chi connectivity index (χ1v) is 6.06. The number of benzene rings is 1. The summed E-state index contributed by atoms with van der Waals surface area (Å²) in [4.78, 5) is 12.6. The number of halogens is 1. The number of nitro groups is 1. The molecule has 0 bridgehead atoms. The molecule has 0 spiro atoms. The molecule has 1 rings (SSSR count). The lowest BCUT2D eigenvalue weighted by molar-refractivity contribution is -0.384. The second kappa shape index (κ2) is 5.87. The maximum absolute atomic E-state index is 11.0.